The standard InChI is InChI=1S/C16H22N4O3S.ClH/c1-12-4-6-13(7-5-12)24(21,22)18-11-8-14-19-15(20-23-14)16(17)9-2-3-10-16;/h4-7,18H,2-3,8-11,17H2,1H3;1H. The smallest absolute Gasteiger partial charge is 0.240 e. The number of rotatable bonds is 6. The molecule has 1 heterocycles. The number of nitrogens with one attached hydrogen (secondary N) is 1. The monoisotopic (exact) mass is 386 g/mol. The Kier molecular flexibility index (Phi) is 6.21. The quantitative estimate of drug-likeness (QED) is 0.785. The molecule has 1 aromatic carbocycles. The molecular weight excluding hydrogens is 364 g/mol. The first kappa shape index (κ1) is 19.8. The first-order valence-electron chi connectivity index (χ1n) is 8.07. The zero-order chi connectivity index (χ0) is 17.2. The SMILES string of the molecule is Cc1ccc(S(=O)(=O)NCCc2nc(C3(N)CCCC3)no2)cc1.Cl. The van der Waals surface area contributed by atoms with Crippen LogP contribution in [0.4, 0.5) is 0 Å². The lowest BCUT2D eigenvalue weighted by Crippen LogP contribution is -2.34. The van der Waals surface area contributed by atoms with Gasteiger partial charge in [0.05, 0.1) is 10.4 Å². The zero-order valence-corrected chi connectivity index (χ0v) is 15.7. The second kappa shape index (κ2) is 7.82. The van der Waals surface area contributed by atoms with Gasteiger partial charge in [0, 0.05) is 13.0 Å². The molecule has 3 rings (SSSR count). The van der Waals surface area contributed by atoms with Crippen molar-refractivity contribution in [2.24, 2.45) is 5.73 Å². The average molecular weight is 387 g/mol. The topological polar surface area (TPSA) is 111 Å². The van der Waals surface area contributed by atoms with Crippen LogP contribution >= 0.6 is 12.4 Å². The Balaban J connectivity index is 0.00000225. The highest BCUT2D eigenvalue weighted by Gasteiger charge is 2.35. The van der Waals surface area contributed by atoms with Crippen LogP contribution in [0.1, 0.15) is 43.0 Å². The molecule has 3 N–H and O–H groups in total. The molecule has 0 radical (unpaired) electrons. The molecule has 2 aromatic rings. The van der Waals surface area contributed by atoms with Crippen LogP contribution in [0.25, 0.3) is 0 Å². The molecule has 0 amide bonds. The van der Waals surface area contributed by atoms with Gasteiger partial charge < -0.3 is 10.3 Å². The Bertz CT molecular complexity index is 799. The minimum Gasteiger partial charge on any atom is -0.339 e. The average Bonchev–Trinajstić information content (AvgIpc) is 3.18. The van der Waals surface area contributed by atoms with E-state index in [-0.39, 0.29) is 23.8 Å². The van der Waals surface area contributed by atoms with Crippen molar-refractivity contribution in [1.29, 1.82) is 0 Å². The summed E-state index contributed by atoms with van der Waals surface area (Å²) in [6.07, 6.45) is 4.17. The number of sulfonamides is 1. The summed E-state index contributed by atoms with van der Waals surface area (Å²) < 4.78 is 32.1. The number of hydrogen-bond donors (Lipinski definition) is 2. The van der Waals surface area contributed by atoms with E-state index in [1.807, 2.05) is 6.92 Å². The fourth-order valence-corrected chi connectivity index (χ4v) is 3.91. The molecule has 25 heavy (non-hydrogen) atoms. The zero-order valence-electron chi connectivity index (χ0n) is 14.1. The maximum atomic E-state index is 12.2. The number of benzene rings is 1. The maximum Gasteiger partial charge on any atom is 0.240 e. The van der Waals surface area contributed by atoms with Crippen LogP contribution in [0.15, 0.2) is 33.7 Å². The van der Waals surface area contributed by atoms with Crippen molar-refractivity contribution >= 4 is 22.4 Å². The minimum atomic E-state index is -3.53. The van der Waals surface area contributed by atoms with Gasteiger partial charge in [-0.2, -0.15) is 4.98 Å². The summed E-state index contributed by atoms with van der Waals surface area (Å²) in [5.74, 6) is 0.921. The molecule has 1 aliphatic carbocycles. The molecule has 0 spiro atoms. The van der Waals surface area contributed by atoms with Gasteiger partial charge in [-0.25, -0.2) is 13.1 Å². The summed E-state index contributed by atoms with van der Waals surface area (Å²) in [6.45, 7) is 2.10. The van der Waals surface area contributed by atoms with E-state index < -0.39 is 15.6 Å². The minimum absolute atomic E-state index is 0. The summed E-state index contributed by atoms with van der Waals surface area (Å²) >= 11 is 0. The highest BCUT2D eigenvalue weighted by molar-refractivity contribution is 7.89. The molecule has 9 heteroatoms. The van der Waals surface area contributed by atoms with Gasteiger partial charge in [-0.15, -0.1) is 12.4 Å². The predicted octanol–water partition coefficient (Wildman–Crippen LogP) is 2.05. The molecule has 7 nitrogen and oxygen atoms in total. The lowest BCUT2D eigenvalue weighted by molar-refractivity contribution is 0.348. The number of halogens is 1. The van der Waals surface area contributed by atoms with Crippen LogP contribution in [0, 0.1) is 6.92 Å². The Morgan fingerprint density at radius 3 is 2.52 bits per heavy atom. The third-order valence-electron chi connectivity index (χ3n) is 4.37. The van der Waals surface area contributed by atoms with Gasteiger partial charge in [0.25, 0.3) is 0 Å². The van der Waals surface area contributed by atoms with Gasteiger partial charge in [-0.05, 0) is 31.9 Å². The molecule has 0 bridgehead atoms. The van der Waals surface area contributed by atoms with Crippen LogP contribution in [0.3, 0.4) is 0 Å². The van der Waals surface area contributed by atoms with Crippen molar-refractivity contribution < 1.29 is 12.9 Å². The van der Waals surface area contributed by atoms with Crippen LogP contribution in [-0.2, 0) is 22.0 Å². The fourth-order valence-electron chi connectivity index (χ4n) is 2.88. The first-order valence-corrected chi connectivity index (χ1v) is 9.56. The highest BCUT2D eigenvalue weighted by Crippen LogP contribution is 2.34. The number of nitrogens with two attached hydrogens (primary N) is 1. The third-order valence-corrected chi connectivity index (χ3v) is 5.85. The number of nitrogens with zero attached hydrogens (tertiary/aromatic N) is 2. The Hall–Kier alpha value is -1.48. The number of aryl methyl sites for hydroxylation is 1. The molecule has 1 aromatic heterocycles. The van der Waals surface area contributed by atoms with Crippen LogP contribution in [0.2, 0.25) is 0 Å². The normalized spacial score (nSPS) is 16.6. The molecule has 0 saturated heterocycles. The molecule has 0 unspecified atom stereocenters. The summed E-state index contributed by atoms with van der Waals surface area (Å²) in [5.41, 5.74) is 6.80. The van der Waals surface area contributed by atoms with Crippen molar-refractivity contribution in [2.45, 2.75) is 49.5 Å². The van der Waals surface area contributed by atoms with Gasteiger partial charge in [0.2, 0.25) is 15.9 Å². The van der Waals surface area contributed by atoms with Gasteiger partial charge >= 0.3 is 0 Å². The van der Waals surface area contributed by atoms with Crippen LogP contribution in [0.5, 0.6) is 0 Å². The fraction of sp³-hybridized carbons (Fsp3) is 0.500. The summed E-state index contributed by atoms with van der Waals surface area (Å²) in [5, 5.41) is 3.96. The predicted molar refractivity (Wildman–Crippen MR) is 96.0 cm³/mol. The van der Waals surface area contributed by atoms with Gasteiger partial charge in [0.15, 0.2) is 5.82 Å². The maximum absolute atomic E-state index is 12.2. The van der Waals surface area contributed by atoms with E-state index in [2.05, 4.69) is 14.9 Å². The van der Waals surface area contributed by atoms with Crippen molar-refractivity contribution in [1.82, 2.24) is 14.9 Å². The molecule has 0 atom stereocenters. The van der Waals surface area contributed by atoms with Crippen molar-refractivity contribution in [3.8, 4) is 0 Å². The Morgan fingerprint density at radius 1 is 1.24 bits per heavy atom. The van der Waals surface area contributed by atoms with Crippen LogP contribution < -0.4 is 10.5 Å². The van der Waals surface area contributed by atoms with E-state index in [0.29, 0.717) is 18.1 Å². The molecule has 1 saturated carbocycles. The summed E-state index contributed by atoms with van der Waals surface area (Å²) in [7, 11) is -3.53. The number of aromatic nitrogens is 2. The van der Waals surface area contributed by atoms with Gasteiger partial charge in [-0.3, -0.25) is 0 Å². The van der Waals surface area contributed by atoms with Crippen molar-refractivity contribution in [3.05, 3.63) is 41.5 Å². The van der Waals surface area contributed by atoms with Crippen molar-refractivity contribution in [2.75, 3.05) is 6.54 Å². The number of hydrogen-bond acceptors (Lipinski definition) is 6. The lowest BCUT2D eigenvalue weighted by atomic mass is 9.99. The molecular formula is C16H23ClN4O3S. The summed E-state index contributed by atoms with van der Waals surface area (Å²) in [6, 6.07) is 6.70. The second-order valence-corrected chi connectivity index (χ2v) is 8.10. The van der Waals surface area contributed by atoms with E-state index in [0.717, 1.165) is 31.2 Å². The largest absolute Gasteiger partial charge is 0.339 e. The lowest BCUT2D eigenvalue weighted by Gasteiger charge is -2.17. The molecule has 1 aliphatic rings. The molecule has 0 aliphatic heterocycles. The third kappa shape index (κ3) is 4.58. The molecule has 1 fully saturated rings. The van der Waals surface area contributed by atoms with E-state index >= 15 is 0 Å². The van der Waals surface area contributed by atoms with E-state index in [9.17, 15) is 8.42 Å². The van der Waals surface area contributed by atoms with Crippen molar-refractivity contribution in [3.63, 3.8) is 0 Å². The van der Waals surface area contributed by atoms with E-state index in [1.54, 1.807) is 24.3 Å². The van der Waals surface area contributed by atoms with E-state index in [4.69, 9.17) is 10.3 Å². The first-order chi connectivity index (χ1) is 11.4. The Labute approximate surface area is 153 Å². The summed E-state index contributed by atoms with van der Waals surface area (Å²) in [4.78, 5) is 4.57. The van der Waals surface area contributed by atoms with Gasteiger partial charge in [0.1, 0.15) is 0 Å². The Morgan fingerprint density at radius 2 is 1.88 bits per heavy atom. The van der Waals surface area contributed by atoms with E-state index in [1.165, 1.54) is 0 Å². The van der Waals surface area contributed by atoms with Crippen LogP contribution in [-0.4, -0.2) is 25.1 Å². The second-order valence-electron chi connectivity index (χ2n) is 6.34. The van der Waals surface area contributed by atoms with Gasteiger partial charge in [-0.1, -0.05) is 35.7 Å². The molecule has 138 valence electrons. The highest BCUT2D eigenvalue weighted by atomic mass is 35.5.